The van der Waals surface area contributed by atoms with Crippen LogP contribution in [-0.4, -0.2) is 89.6 Å². The third-order valence-electron chi connectivity index (χ3n) is 6.34. The van der Waals surface area contributed by atoms with Crippen LogP contribution in [0, 0.1) is 5.92 Å². The zero-order valence-electron chi connectivity index (χ0n) is 16.2. The second-order valence-electron chi connectivity index (χ2n) is 7.98. The number of aryl methyl sites for hydroxylation is 1. The number of methoxy groups -OCH3 is 1. The monoisotopic (exact) mass is 409 g/mol. The molecule has 7 unspecified atom stereocenters. The summed E-state index contributed by atoms with van der Waals surface area (Å²) < 4.78 is 16.9. The van der Waals surface area contributed by atoms with Crippen LogP contribution < -0.4 is 10.1 Å². The van der Waals surface area contributed by atoms with E-state index in [4.69, 9.17) is 14.2 Å². The molecule has 9 heteroatoms. The zero-order valence-corrected chi connectivity index (χ0v) is 16.2. The van der Waals surface area contributed by atoms with E-state index in [-0.39, 0.29) is 47.3 Å². The first-order valence-corrected chi connectivity index (χ1v) is 9.81. The molecule has 2 saturated heterocycles. The lowest BCUT2D eigenvalue weighted by Gasteiger charge is -2.57. The van der Waals surface area contributed by atoms with Gasteiger partial charge in [-0.05, 0) is 30.5 Å². The summed E-state index contributed by atoms with van der Waals surface area (Å²) in [5.74, 6) is -0.266. The molecule has 1 aromatic carbocycles. The highest BCUT2D eigenvalue weighted by Gasteiger charge is 2.74. The third-order valence-corrected chi connectivity index (χ3v) is 6.34. The first-order chi connectivity index (χ1) is 14.0. The minimum atomic E-state index is -1.14. The summed E-state index contributed by atoms with van der Waals surface area (Å²) in [7, 11) is 1.43. The summed E-state index contributed by atoms with van der Waals surface area (Å²) in [5.41, 5.74) is 0.669. The van der Waals surface area contributed by atoms with Crippen molar-refractivity contribution in [2.45, 2.75) is 48.9 Å². The van der Waals surface area contributed by atoms with Crippen LogP contribution in [0.25, 0.3) is 0 Å². The number of rotatable bonds is 8. The molecule has 4 rings (SSSR count). The van der Waals surface area contributed by atoms with Gasteiger partial charge in [0.2, 0.25) is 0 Å². The molecule has 1 saturated carbocycles. The van der Waals surface area contributed by atoms with Crippen LogP contribution in [0.4, 0.5) is 0 Å². The van der Waals surface area contributed by atoms with Crippen molar-refractivity contribution in [3.63, 3.8) is 0 Å². The van der Waals surface area contributed by atoms with Crippen LogP contribution in [0.3, 0.4) is 0 Å². The van der Waals surface area contributed by atoms with Crippen LogP contribution in [0.15, 0.2) is 12.1 Å². The van der Waals surface area contributed by atoms with Crippen molar-refractivity contribution < 1.29 is 39.4 Å². The normalized spacial score (nSPS) is 37.7. The average Bonchev–Trinajstić information content (AvgIpc) is 3.54. The van der Waals surface area contributed by atoms with Gasteiger partial charge in [0.1, 0.15) is 12.2 Å². The minimum Gasteiger partial charge on any atom is -0.504 e. The number of aldehydes is 1. The van der Waals surface area contributed by atoms with E-state index in [0.29, 0.717) is 32.3 Å². The SMILES string of the molecule is COc1cc(CCCOC2C3C(O)C(O)C(CO)OC3C23CN3)cc(C=O)c1O. The first kappa shape index (κ1) is 20.5. The Morgan fingerprint density at radius 2 is 2.10 bits per heavy atom. The standard InChI is InChI=1S/C20H27NO8/c1-27-12-6-10(5-11(7-22)15(12)24)3-2-4-28-18-14-17(26)16(25)13(8-23)29-19(14)20(18)9-21-20/h5-7,13-14,16-19,21,23-26H,2-4,8-9H2,1H3. The smallest absolute Gasteiger partial charge is 0.168 e. The second kappa shape index (κ2) is 7.82. The molecule has 29 heavy (non-hydrogen) atoms. The van der Waals surface area contributed by atoms with Gasteiger partial charge in [-0.15, -0.1) is 0 Å². The number of nitrogens with one attached hydrogen (secondary N) is 1. The van der Waals surface area contributed by atoms with Crippen molar-refractivity contribution in [1.29, 1.82) is 0 Å². The lowest BCUT2D eigenvalue weighted by molar-refractivity contribution is -0.294. The molecule has 160 valence electrons. The predicted molar refractivity (Wildman–Crippen MR) is 100 cm³/mol. The van der Waals surface area contributed by atoms with Gasteiger partial charge in [0.15, 0.2) is 17.8 Å². The third kappa shape index (κ3) is 3.31. The molecule has 2 aliphatic heterocycles. The first-order valence-electron chi connectivity index (χ1n) is 9.81. The number of aliphatic hydroxyl groups excluding tert-OH is 3. The zero-order chi connectivity index (χ0) is 20.8. The molecule has 7 atom stereocenters. The minimum absolute atomic E-state index is 0.171. The number of hydrogen-bond donors (Lipinski definition) is 5. The molecule has 5 N–H and O–H groups in total. The van der Waals surface area contributed by atoms with Gasteiger partial charge in [-0.25, -0.2) is 0 Å². The van der Waals surface area contributed by atoms with E-state index >= 15 is 0 Å². The molecule has 9 nitrogen and oxygen atoms in total. The Labute approximate surface area is 168 Å². The van der Waals surface area contributed by atoms with Crippen molar-refractivity contribution in [2.24, 2.45) is 5.92 Å². The fourth-order valence-electron chi connectivity index (χ4n) is 4.66. The maximum atomic E-state index is 11.1. The summed E-state index contributed by atoms with van der Waals surface area (Å²) >= 11 is 0. The van der Waals surface area contributed by atoms with Crippen LogP contribution in [0.2, 0.25) is 0 Å². The van der Waals surface area contributed by atoms with E-state index in [9.17, 15) is 25.2 Å². The lowest BCUT2D eigenvalue weighted by Crippen LogP contribution is -2.76. The van der Waals surface area contributed by atoms with Crippen LogP contribution in [0.5, 0.6) is 11.5 Å². The quantitative estimate of drug-likeness (QED) is 0.207. The molecule has 1 aliphatic carbocycles. The number of carbonyl (C=O) groups is 1. The number of aromatic hydroxyl groups is 1. The molecular formula is C20H27NO8. The van der Waals surface area contributed by atoms with Crippen molar-refractivity contribution in [3.05, 3.63) is 23.3 Å². The second-order valence-corrected chi connectivity index (χ2v) is 7.98. The number of benzene rings is 1. The Kier molecular flexibility index (Phi) is 5.54. The van der Waals surface area contributed by atoms with Crippen LogP contribution in [0.1, 0.15) is 22.3 Å². The van der Waals surface area contributed by atoms with Gasteiger partial charge >= 0.3 is 0 Å². The molecule has 0 radical (unpaired) electrons. The topological polar surface area (TPSA) is 148 Å². The molecule has 2 heterocycles. The number of phenols is 1. The van der Waals surface area contributed by atoms with Crippen molar-refractivity contribution in [1.82, 2.24) is 5.32 Å². The fraction of sp³-hybridized carbons (Fsp3) is 0.650. The number of ether oxygens (including phenoxy) is 3. The Hall–Kier alpha value is -1.75. The summed E-state index contributed by atoms with van der Waals surface area (Å²) in [5, 5.41) is 43.1. The highest BCUT2D eigenvalue weighted by molar-refractivity contribution is 5.81. The molecule has 3 fully saturated rings. The molecule has 0 bridgehead atoms. The Morgan fingerprint density at radius 3 is 2.72 bits per heavy atom. The highest BCUT2D eigenvalue weighted by Crippen LogP contribution is 2.53. The van der Waals surface area contributed by atoms with Crippen molar-refractivity contribution >= 4 is 6.29 Å². The van der Waals surface area contributed by atoms with Gasteiger partial charge in [-0.2, -0.15) is 0 Å². The maximum Gasteiger partial charge on any atom is 0.168 e. The van der Waals surface area contributed by atoms with E-state index < -0.39 is 18.3 Å². The van der Waals surface area contributed by atoms with E-state index in [1.807, 2.05) is 0 Å². The van der Waals surface area contributed by atoms with Crippen molar-refractivity contribution in [2.75, 3.05) is 26.9 Å². The summed E-state index contributed by atoms with van der Waals surface area (Å²) in [6.45, 7) is 0.781. The maximum absolute atomic E-state index is 11.1. The Morgan fingerprint density at radius 1 is 1.34 bits per heavy atom. The Bertz CT molecular complexity index is 767. The Balaban J connectivity index is 1.34. The predicted octanol–water partition coefficient (Wildman–Crippen LogP) is -1.02. The molecule has 0 aromatic heterocycles. The summed E-state index contributed by atoms with van der Waals surface area (Å²) in [4.78, 5) is 11.1. The van der Waals surface area contributed by atoms with E-state index in [1.165, 1.54) is 7.11 Å². The molecule has 3 aliphatic rings. The summed E-state index contributed by atoms with van der Waals surface area (Å²) in [6, 6.07) is 3.31. The average molecular weight is 409 g/mol. The number of hydrogen-bond acceptors (Lipinski definition) is 9. The largest absolute Gasteiger partial charge is 0.504 e. The summed E-state index contributed by atoms with van der Waals surface area (Å²) in [6.07, 6.45) is -1.65. The highest BCUT2D eigenvalue weighted by atomic mass is 16.6. The molecule has 1 spiro atoms. The van der Waals surface area contributed by atoms with Gasteiger partial charge in [0.05, 0.1) is 43.1 Å². The number of phenolic OH excluding ortho intramolecular Hbond substituents is 1. The van der Waals surface area contributed by atoms with Gasteiger partial charge in [0, 0.05) is 19.1 Å². The molecular weight excluding hydrogens is 382 g/mol. The van der Waals surface area contributed by atoms with Gasteiger partial charge < -0.3 is 40.0 Å². The van der Waals surface area contributed by atoms with Crippen LogP contribution in [-0.2, 0) is 15.9 Å². The lowest BCUT2D eigenvalue weighted by atomic mass is 9.62. The van der Waals surface area contributed by atoms with E-state index in [0.717, 1.165) is 5.56 Å². The van der Waals surface area contributed by atoms with Crippen LogP contribution >= 0.6 is 0 Å². The molecule has 0 amide bonds. The van der Waals surface area contributed by atoms with Crippen molar-refractivity contribution in [3.8, 4) is 11.5 Å². The van der Waals surface area contributed by atoms with Gasteiger partial charge in [-0.3, -0.25) is 4.79 Å². The number of carbonyl (C=O) groups excluding carboxylic acids is 1. The van der Waals surface area contributed by atoms with E-state index in [2.05, 4.69) is 5.32 Å². The number of aliphatic hydroxyl groups is 3. The fourth-order valence-corrected chi connectivity index (χ4v) is 4.66. The van der Waals surface area contributed by atoms with Gasteiger partial charge in [0.25, 0.3) is 0 Å². The van der Waals surface area contributed by atoms with Gasteiger partial charge in [-0.1, -0.05) is 0 Å². The molecule has 1 aromatic rings. The number of fused-ring (bicyclic) bond motifs is 2. The van der Waals surface area contributed by atoms with E-state index in [1.54, 1.807) is 12.1 Å².